The van der Waals surface area contributed by atoms with Gasteiger partial charge in [0.25, 0.3) is 0 Å². The number of esters is 1. The number of nitrogens with one attached hydrogen (secondary N) is 1. The van der Waals surface area contributed by atoms with Crippen molar-refractivity contribution in [3.8, 4) is 0 Å². The van der Waals surface area contributed by atoms with Crippen molar-refractivity contribution in [3.05, 3.63) is 41.5 Å². The molecular weight excluding hydrogens is 274 g/mol. The lowest BCUT2D eigenvalue weighted by molar-refractivity contribution is -0.115. The van der Waals surface area contributed by atoms with Gasteiger partial charge < -0.3 is 14.6 Å². The van der Waals surface area contributed by atoms with Crippen molar-refractivity contribution in [1.29, 1.82) is 0 Å². The topological polar surface area (TPSA) is 94.3 Å². The number of hydrogen-bond acceptors (Lipinski definition) is 6. The van der Waals surface area contributed by atoms with Gasteiger partial charge in [-0.15, -0.1) is 0 Å². The van der Waals surface area contributed by atoms with Crippen LogP contribution in [0.5, 0.6) is 0 Å². The molecule has 1 aromatic carbocycles. The van der Waals surface area contributed by atoms with Crippen LogP contribution in [-0.4, -0.2) is 28.6 Å². The maximum absolute atomic E-state index is 11.9. The van der Waals surface area contributed by atoms with E-state index < -0.39 is 5.97 Å². The highest BCUT2D eigenvalue weighted by Crippen LogP contribution is 2.16. The molecule has 21 heavy (non-hydrogen) atoms. The molecule has 2 rings (SSSR count). The maximum atomic E-state index is 11.9. The summed E-state index contributed by atoms with van der Waals surface area (Å²) in [6.07, 6.45) is -0.0332. The first-order chi connectivity index (χ1) is 10.1. The molecule has 0 saturated carbocycles. The summed E-state index contributed by atoms with van der Waals surface area (Å²) in [6, 6.07) is 6.64. The third-order valence-corrected chi connectivity index (χ3v) is 2.58. The third-order valence-electron chi connectivity index (χ3n) is 2.58. The molecule has 1 amide bonds. The Morgan fingerprint density at radius 3 is 2.76 bits per heavy atom. The van der Waals surface area contributed by atoms with Crippen molar-refractivity contribution in [3.63, 3.8) is 0 Å². The normalized spacial score (nSPS) is 10.2. The molecule has 0 aliphatic rings. The van der Waals surface area contributed by atoms with Gasteiger partial charge in [0.15, 0.2) is 5.82 Å². The highest BCUT2D eigenvalue weighted by molar-refractivity contribution is 6.01. The van der Waals surface area contributed by atoms with Gasteiger partial charge in [-0.05, 0) is 19.1 Å². The number of aromatic nitrogens is 2. The molecule has 7 heteroatoms. The Bertz CT molecular complexity index is 651. The van der Waals surface area contributed by atoms with E-state index in [9.17, 15) is 9.59 Å². The molecule has 0 atom stereocenters. The van der Waals surface area contributed by atoms with Gasteiger partial charge in [0.05, 0.1) is 24.3 Å². The van der Waals surface area contributed by atoms with Crippen molar-refractivity contribution in [2.75, 3.05) is 11.9 Å². The Kier molecular flexibility index (Phi) is 4.65. The van der Waals surface area contributed by atoms with Crippen LogP contribution >= 0.6 is 0 Å². The predicted octanol–water partition coefficient (Wildman–Crippen LogP) is 1.74. The summed E-state index contributed by atoms with van der Waals surface area (Å²) in [5, 5.41) is 6.29. The van der Waals surface area contributed by atoms with E-state index in [-0.39, 0.29) is 18.9 Å². The van der Waals surface area contributed by atoms with Crippen molar-refractivity contribution in [1.82, 2.24) is 10.1 Å². The molecule has 1 N–H and O–H groups in total. The fourth-order valence-electron chi connectivity index (χ4n) is 1.73. The quantitative estimate of drug-likeness (QED) is 0.842. The zero-order valence-electron chi connectivity index (χ0n) is 11.8. The Hall–Kier alpha value is -2.70. The number of nitrogens with zero attached hydrogens (tertiary/aromatic N) is 2. The molecule has 7 nitrogen and oxygen atoms in total. The smallest absolute Gasteiger partial charge is 0.340 e. The predicted molar refractivity (Wildman–Crippen MR) is 73.8 cm³/mol. The average Bonchev–Trinajstić information content (AvgIpc) is 2.84. The first-order valence-corrected chi connectivity index (χ1v) is 6.45. The van der Waals surface area contributed by atoms with Crippen molar-refractivity contribution in [2.24, 2.45) is 0 Å². The number of rotatable bonds is 5. The molecule has 0 aliphatic carbocycles. The molecule has 2 aromatic rings. The van der Waals surface area contributed by atoms with E-state index in [4.69, 9.17) is 9.26 Å². The van der Waals surface area contributed by atoms with Gasteiger partial charge in [-0.2, -0.15) is 4.98 Å². The molecule has 0 aliphatic heterocycles. The zero-order valence-corrected chi connectivity index (χ0v) is 11.8. The third kappa shape index (κ3) is 3.88. The molecule has 0 radical (unpaired) electrons. The number of anilines is 1. The van der Waals surface area contributed by atoms with E-state index in [0.717, 1.165) is 0 Å². The zero-order chi connectivity index (χ0) is 15.2. The van der Waals surface area contributed by atoms with Gasteiger partial charge in [-0.1, -0.05) is 17.3 Å². The number of hydrogen-bond donors (Lipinski definition) is 1. The minimum Gasteiger partial charge on any atom is -0.462 e. The summed E-state index contributed by atoms with van der Waals surface area (Å²) in [7, 11) is 0. The average molecular weight is 289 g/mol. The van der Waals surface area contributed by atoms with Crippen LogP contribution in [0, 0.1) is 6.92 Å². The van der Waals surface area contributed by atoms with E-state index in [1.54, 1.807) is 38.1 Å². The van der Waals surface area contributed by atoms with Gasteiger partial charge in [0, 0.05) is 6.92 Å². The van der Waals surface area contributed by atoms with E-state index in [1.165, 1.54) is 0 Å². The van der Waals surface area contributed by atoms with Crippen molar-refractivity contribution >= 4 is 17.6 Å². The monoisotopic (exact) mass is 289 g/mol. The van der Waals surface area contributed by atoms with Gasteiger partial charge in [-0.3, -0.25) is 4.79 Å². The van der Waals surface area contributed by atoms with E-state index in [2.05, 4.69) is 15.5 Å². The van der Waals surface area contributed by atoms with Crippen LogP contribution in [0.3, 0.4) is 0 Å². The molecule has 0 saturated heterocycles. The van der Waals surface area contributed by atoms with Crippen LogP contribution in [0.2, 0.25) is 0 Å². The van der Waals surface area contributed by atoms with Crippen LogP contribution in [0.4, 0.5) is 5.69 Å². The van der Waals surface area contributed by atoms with Gasteiger partial charge in [0.1, 0.15) is 0 Å². The standard InChI is InChI=1S/C14H15N3O4/c1-3-20-14(19)10-6-4-5-7-11(10)16-13(18)8-12-15-9(2)21-17-12/h4-7H,3,8H2,1-2H3,(H,16,18). The number of aryl methyl sites for hydroxylation is 1. The Balaban J connectivity index is 2.08. The van der Waals surface area contributed by atoms with Crippen LogP contribution in [0.25, 0.3) is 0 Å². The van der Waals surface area contributed by atoms with Crippen LogP contribution < -0.4 is 5.32 Å². The van der Waals surface area contributed by atoms with E-state index in [1.807, 2.05) is 0 Å². The summed E-state index contributed by atoms with van der Waals surface area (Å²) < 4.78 is 9.74. The second-order valence-electron chi connectivity index (χ2n) is 4.22. The number of benzene rings is 1. The number of carbonyl (C=O) groups excluding carboxylic acids is 2. The van der Waals surface area contributed by atoms with Crippen molar-refractivity contribution in [2.45, 2.75) is 20.3 Å². The second-order valence-corrected chi connectivity index (χ2v) is 4.22. The number of para-hydroxylation sites is 1. The van der Waals surface area contributed by atoms with E-state index in [0.29, 0.717) is 23.0 Å². The Morgan fingerprint density at radius 1 is 1.33 bits per heavy atom. The minimum absolute atomic E-state index is 0.0332. The van der Waals surface area contributed by atoms with Gasteiger partial charge in [0.2, 0.25) is 11.8 Å². The fourth-order valence-corrected chi connectivity index (χ4v) is 1.73. The number of carbonyl (C=O) groups is 2. The molecule has 0 bridgehead atoms. The number of ether oxygens (including phenoxy) is 1. The summed E-state index contributed by atoms with van der Waals surface area (Å²) in [5.41, 5.74) is 0.693. The fraction of sp³-hybridized carbons (Fsp3) is 0.286. The summed E-state index contributed by atoms with van der Waals surface area (Å²) in [4.78, 5) is 27.7. The highest BCUT2D eigenvalue weighted by Gasteiger charge is 2.15. The SMILES string of the molecule is CCOC(=O)c1ccccc1NC(=O)Cc1noc(C)n1. The highest BCUT2D eigenvalue weighted by atomic mass is 16.5. The molecule has 0 spiro atoms. The first kappa shape index (κ1) is 14.7. The molecule has 1 aromatic heterocycles. The number of amides is 1. The van der Waals surface area contributed by atoms with Crippen LogP contribution in [0.15, 0.2) is 28.8 Å². The van der Waals surface area contributed by atoms with Gasteiger partial charge >= 0.3 is 5.97 Å². The Labute approximate surface area is 121 Å². The molecule has 0 fully saturated rings. The molecule has 110 valence electrons. The van der Waals surface area contributed by atoms with Gasteiger partial charge in [-0.25, -0.2) is 4.79 Å². The molecule has 1 heterocycles. The summed E-state index contributed by atoms with van der Waals surface area (Å²) in [6.45, 7) is 3.63. The molecule has 0 unspecified atom stereocenters. The Morgan fingerprint density at radius 2 is 2.10 bits per heavy atom. The lowest BCUT2D eigenvalue weighted by Crippen LogP contribution is -2.18. The largest absolute Gasteiger partial charge is 0.462 e. The minimum atomic E-state index is -0.483. The van der Waals surface area contributed by atoms with Crippen LogP contribution in [-0.2, 0) is 16.0 Å². The summed E-state index contributed by atoms with van der Waals surface area (Å²) >= 11 is 0. The first-order valence-electron chi connectivity index (χ1n) is 6.45. The second kappa shape index (κ2) is 6.65. The molecular formula is C14H15N3O4. The lowest BCUT2D eigenvalue weighted by atomic mass is 10.1. The summed E-state index contributed by atoms with van der Waals surface area (Å²) in [5.74, 6) is -0.139. The lowest BCUT2D eigenvalue weighted by Gasteiger charge is -2.09. The van der Waals surface area contributed by atoms with Crippen LogP contribution in [0.1, 0.15) is 29.0 Å². The van der Waals surface area contributed by atoms with E-state index >= 15 is 0 Å². The maximum Gasteiger partial charge on any atom is 0.340 e. The van der Waals surface area contributed by atoms with Crippen molar-refractivity contribution < 1.29 is 18.8 Å².